The second-order valence-corrected chi connectivity index (χ2v) is 6.98. The largest absolute Gasteiger partial charge is 0.478 e. The Balaban J connectivity index is 1.95. The van der Waals surface area contributed by atoms with Crippen LogP contribution in [-0.4, -0.2) is 37.8 Å². The zero-order valence-corrected chi connectivity index (χ0v) is 13.0. The number of anilines is 1. The normalized spacial score (nSPS) is 24.1. The van der Waals surface area contributed by atoms with Crippen LogP contribution in [0.3, 0.4) is 0 Å². The van der Waals surface area contributed by atoms with Crippen molar-refractivity contribution in [1.82, 2.24) is 9.97 Å². The molecular formula is C14H23N3O2S. The number of aromatic nitrogens is 2. The van der Waals surface area contributed by atoms with Gasteiger partial charge in [0.05, 0.1) is 6.61 Å². The van der Waals surface area contributed by atoms with Gasteiger partial charge in [0, 0.05) is 33.9 Å². The van der Waals surface area contributed by atoms with Crippen LogP contribution in [0.2, 0.25) is 0 Å². The zero-order valence-electron chi connectivity index (χ0n) is 12.2. The highest BCUT2D eigenvalue weighted by atomic mass is 32.2. The lowest BCUT2D eigenvalue weighted by atomic mass is 9.95. The molecule has 1 aliphatic rings. The molecule has 0 bridgehead atoms. The van der Waals surface area contributed by atoms with Crippen LogP contribution in [0.4, 0.5) is 5.82 Å². The summed E-state index contributed by atoms with van der Waals surface area (Å²) in [5.74, 6) is 2.13. The molecule has 5 nitrogen and oxygen atoms in total. The van der Waals surface area contributed by atoms with E-state index in [1.165, 1.54) is 6.33 Å². The molecule has 1 fully saturated rings. The summed E-state index contributed by atoms with van der Waals surface area (Å²) < 4.78 is 17.3. The number of ether oxygens (including phenoxy) is 1. The van der Waals surface area contributed by atoms with Gasteiger partial charge in [0.15, 0.2) is 0 Å². The van der Waals surface area contributed by atoms with E-state index in [-0.39, 0.29) is 0 Å². The Labute approximate surface area is 123 Å². The van der Waals surface area contributed by atoms with Crippen molar-refractivity contribution in [3.63, 3.8) is 0 Å². The first-order valence-electron chi connectivity index (χ1n) is 7.31. The van der Waals surface area contributed by atoms with Crippen molar-refractivity contribution in [2.24, 2.45) is 0 Å². The first-order valence-corrected chi connectivity index (χ1v) is 8.69. The number of nitrogens with one attached hydrogen (secondary N) is 1. The quantitative estimate of drug-likeness (QED) is 0.873. The van der Waals surface area contributed by atoms with E-state index in [0.717, 1.165) is 37.3 Å². The summed E-state index contributed by atoms with van der Waals surface area (Å²) in [7, 11) is -0.697. The summed E-state index contributed by atoms with van der Waals surface area (Å²) >= 11 is 0. The molecule has 0 amide bonds. The van der Waals surface area contributed by atoms with Gasteiger partial charge in [-0.05, 0) is 26.2 Å². The van der Waals surface area contributed by atoms with Gasteiger partial charge < -0.3 is 10.1 Å². The Bertz CT molecular complexity index is 456. The average Bonchev–Trinajstić information content (AvgIpc) is 2.47. The first-order chi connectivity index (χ1) is 9.72. The second-order valence-electron chi connectivity index (χ2n) is 4.97. The van der Waals surface area contributed by atoms with Gasteiger partial charge in [-0.1, -0.05) is 13.3 Å². The third-order valence-corrected chi connectivity index (χ3v) is 5.31. The molecule has 1 heterocycles. The molecule has 1 N–H and O–H groups in total. The number of hydrogen-bond acceptors (Lipinski definition) is 5. The van der Waals surface area contributed by atoms with Gasteiger partial charge in [-0.3, -0.25) is 4.21 Å². The van der Waals surface area contributed by atoms with Gasteiger partial charge >= 0.3 is 0 Å². The van der Waals surface area contributed by atoms with E-state index in [4.69, 9.17) is 4.74 Å². The molecular weight excluding hydrogens is 274 g/mol. The summed E-state index contributed by atoms with van der Waals surface area (Å²) in [6.07, 6.45) is 5.77. The Morgan fingerprint density at radius 3 is 3.00 bits per heavy atom. The van der Waals surface area contributed by atoms with Crippen molar-refractivity contribution in [3.05, 3.63) is 12.4 Å². The molecule has 1 aromatic heterocycles. The molecule has 0 aliphatic heterocycles. The van der Waals surface area contributed by atoms with E-state index < -0.39 is 10.8 Å². The fourth-order valence-electron chi connectivity index (χ4n) is 2.60. The Kier molecular flexibility index (Phi) is 5.76. The van der Waals surface area contributed by atoms with E-state index in [1.54, 1.807) is 0 Å². The number of hydrogen-bond donors (Lipinski definition) is 1. The summed E-state index contributed by atoms with van der Waals surface area (Å²) in [6, 6.07) is 2.16. The molecule has 112 valence electrons. The fraction of sp³-hybridized carbons (Fsp3) is 0.714. The molecule has 0 saturated heterocycles. The zero-order chi connectivity index (χ0) is 14.4. The summed E-state index contributed by atoms with van der Waals surface area (Å²) in [5.41, 5.74) is 0. The van der Waals surface area contributed by atoms with Crippen LogP contribution >= 0.6 is 0 Å². The third-order valence-electron chi connectivity index (χ3n) is 3.57. The lowest BCUT2D eigenvalue weighted by molar-refractivity contribution is 0.326. The minimum atomic E-state index is -0.697. The molecule has 1 aromatic rings. The predicted molar refractivity (Wildman–Crippen MR) is 81.6 cm³/mol. The van der Waals surface area contributed by atoms with E-state index in [9.17, 15) is 4.21 Å². The standard InChI is InChI=1S/C14H23N3O2S/c1-3-19-14-9-13(15-10-16-14)17-11-6-5-7-12(8-11)20(18)4-2/h9-12H,3-8H2,1-2H3,(H,15,16,17). The maximum absolute atomic E-state index is 11.9. The van der Waals surface area contributed by atoms with Crippen molar-refractivity contribution in [3.8, 4) is 5.88 Å². The molecule has 0 spiro atoms. The van der Waals surface area contributed by atoms with Crippen molar-refractivity contribution >= 4 is 16.6 Å². The van der Waals surface area contributed by atoms with E-state index in [2.05, 4.69) is 15.3 Å². The molecule has 6 heteroatoms. The van der Waals surface area contributed by atoms with Crippen LogP contribution in [0.15, 0.2) is 12.4 Å². The summed E-state index contributed by atoms with van der Waals surface area (Å²) in [6.45, 7) is 4.52. The van der Waals surface area contributed by atoms with Gasteiger partial charge in [-0.15, -0.1) is 0 Å². The van der Waals surface area contributed by atoms with Crippen molar-refractivity contribution < 1.29 is 8.95 Å². The van der Waals surface area contributed by atoms with Crippen LogP contribution in [0, 0.1) is 0 Å². The number of rotatable bonds is 6. The monoisotopic (exact) mass is 297 g/mol. The van der Waals surface area contributed by atoms with Crippen LogP contribution in [0.1, 0.15) is 39.5 Å². The maximum atomic E-state index is 11.9. The molecule has 2 rings (SSSR count). The van der Waals surface area contributed by atoms with Gasteiger partial charge in [0.1, 0.15) is 12.1 Å². The van der Waals surface area contributed by atoms with Crippen LogP contribution < -0.4 is 10.1 Å². The van der Waals surface area contributed by atoms with Crippen LogP contribution in [-0.2, 0) is 10.8 Å². The van der Waals surface area contributed by atoms with Gasteiger partial charge in [0.2, 0.25) is 5.88 Å². The SMILES string of the molecule is CCOc1cc(NC2CCCC(S(=O)CC)C2)ncn1. The topological polar surface area (TPSA) is 64.1 Å². The Morgan fingerprint density at radius 2 is 2.25 bits per heavy atom. The Morgan fingerprint density at radius 1 is 1.40 bits per heavy atom. The highest BCUT2D eigenvalue weighted by molar-refractivity contribution is 7.85. The molecule has 0 aromatic carbocycles. The van der Waals surface area contributed by atoms with Crippen molar-refractivity contribution in [1.29, 1.82) is 0 Å². The maximum Gasteiger partial charge on any atom is 0.218 e. The molecule has 0 radical (unpaired) electrons. The molecule has 3 atom stereocenters. The highest BCUT2D eigenvalue weighted by Crippen LogP contribution is 2.25. The molecule has 3 unspecified atom stereocenters. The minimum Gasteiger partial charge on any atom is -0.478 e. The summed E-state index contributed by atoms with van der Waals surface area (Å²) in [5, 5.41) is 3.74. The third kappa shape index (κ3) is 4.16. The van der Waals surface area contributed by atoms with Crippen molar-refractivity contribution in [2.45, 2.75) is 50.8 Å². The van der Waals surface area contributed by atoms with Crippen LogP contribution in [0.25, 0.3) is 0 Å². The van der Waals surface area contributed by atoms with Crippen molar-refractivity contribution in [2.75, 3.05) is 17.7 Å². The van der Waals surface area contributed by atoms with Crippen LogP contribution in [0.5, 0.6) is 5.88 Å². The fourth-order valence-corrected chi connectivity index (χ4v) is 3.95. The van der Waals surface area contributed by atoms with Gasteiger partial charge in [0.25, 0.3) is 0 Å². The smallest absolute Gasteiger partial charge is 0.218 e. The average molecular weight is 297 g/mol. The van der Waals surface area contributed by atoms with E-state index >= 15 is 0 Å². The molecule has 20 heavy (non-hydrogen) atoms. The molecule has 1 saturated carbocycles. The Hall–Kier alpha value is -1.17. The van der Waals surface area contributed by atoms with Gasteiger partial charge in [-0.2, -0.15) is 0 Å². The lowest BCUT2D eigenvalue weighted by Crippen LogP contribution is -2.33. The first kappa shape index (κ1) is 15.2. The lowest BCUT2D eigenvalue weighted by Gasteiger charge is -2.29. The summed E-state index contributed by atoms with van der Waals surface area (Å²) in [4.78, 5) is 8.28. The number of nitrogens with zero attached hydrogens (tertiary/aromatic N) is 2. The van der Waals surface area contributed by atoms with Gasteiger partial charge in [-0.25, -0.2) is 9.97 Å². The minimum absolute atomic E-state index is 0.319. The predicted octanol–water partition coefficient (Wildman–Crippen LogP) is 2.37. The molecule has 1 aliphatic carbocycles. The second kappa shape index (κ2) is 7.57. The van der Waals surface area contributed by atoms with E-state index in [1.807, 2.05) is 19.9 Å². The van der Waals surface area contributed by atoms with E-state index in [0.29, 0.717) is 23.8 Å². The highest BCUT2D eigenvalue weighted by Gasteiger charge is 2.25.